The molecule has 1 unspecified atom stereocenters. The zero-order valence-electron chi connectivity index (χ0n) is 13.1. The van der Waals surface area contributed by atoms with E-state index in [2.05, 4.69) is 15.4 Å². The second-order valence-corrected chi connectivity index (χ2v) is 5.19. The van der Waals surface area contributed by atoms with Gasteiger partial charge < -0.3 is 10.1 Å². The predicted octanol–water partition coefficient (Wildman–Crippen LogP) is 2.16. The molecule has 3 aromatic rings. The standard InChI is InChI=1S/C17H18N4O2/c1-12-15(16-18-9-6-10-21(16)20-12)17(22)19-11-14(23-2)13-7-4-3-5-8-13/h3-10,14H,11H2,1-2H3,(H,19,22). The fourth-order valence-electron chi connectivity index (χ4n) is 2.54. The highest BCUT2D eigenvalue weighted by Gasteiger charge is 2.19. The van der Waals surface area contributed by atoms with Crippen molar-refractivity contribution in [1.82, 2.24) is 19.9 Å². The van der Waals surface area contributed by atoms with Gasteiger partial charge in [-0.15, -0.1) is 0 Å². The third-order valence-corrected chi connectivity index (χ3v) is 3.70. The molecule has 0 aliphatic heterocycles. The molecule has 0 aliphatic rings. The number of aryl methyl sites for hydroxylation is 1. The second-order valence-electron chi connectivity index (χ2n) is 5.19. The minimum Gasteiger partial charge on any atom is -0.375 e. The van der Waals surface area contributed by atoms with Crippen LogP contribution in [0.2, 0.25) is 0 Å². The number of carbonyl (C=O) groups excluding carboxylic acids is 1. The van der Waals surface area contributed by atoms with Crippen LogP contribution in [0.25, 0.3) is 5.65 Å². The molecule has 1 N–H and O–H groups in total. The number of hydrogen-bond donors (Lipinski definition) is 1. The van der Waals surface area contributed by atoms with Crippen LogP contribution in [0.5, 0.6) is 0 Å². The number of amides is 1. The van der Waals surface area contributed by atoms with Crippen molar-refractivity contribution in [1.29, 1.82) is 0 Å². The van der Waals surface area contributed by atoms with Gasteiger partial charge in [-0.2, -0.15) is 5.10 Å². The molecule has 1 aromatic carbocycles. The van der Waals surface area contributed by atoms with E-state index in [0.717, 1.165) is 5.56 Å². The van der Waals surface area contributed by atoms with Gasteiger partial charge in [0.15, 0.2) is 5.65 Å². The Balaban J connectivity index is 1.77. The molecule has 0 spiro atoms. The Morgan fingerprint density at radius 3 is 2.83 bits per heavy atom. The summed E-state index contributed by atoms with van der Waals surface area (Å²) >= 11 is 0. The third kappa shape index (κ3) is 3.07. The lowest BCUT2D eigenvalue weighted by molar-refractivity contribution is 0.0828. The van der Waals surface area contributed by atoms with Crippen molar-refractivity contribution in [2.24, 2.45) is 0 Å². The molecule has 118 valence electrons. The highest BCUT2D eigenvalue weighted by molar-refractivity contribution is 6.00. The van der Waals surface area contributed by atoms with E-state index < -0.39 is 0 Å². The van der Waals surface area contributed by atoms with Gasteiger partial charge in [-0.1, -0.05) is 30.3 Å². The van der Waals surface area contributed by atoms with Crippen molar-refractivity contribution in [2.45, 2.75) is 13.0 Å². The van der Waals surface area contributed by atoms with Gasteiger partial charge in [-0.05, 0) is 18.6 Å². The molecule has 6 heteroatoms. The number of ether oxygens (including phenoxy) is 1. The van der Waals surface area contributed by atoms with Gasteiger partial charge in [0.05, 0.1) is 11.8 Å². The van der Waals surface area contributed by atoms with Crippen LogP contribution in [-0.4, -0.2) is 34.2 Å². The molecule has 0 aliphatic carbocycles. The van der Waals surface area contributed by atoms with Crippen LogP contribution in [0.3, 0.4) is 0 Å². The monoisotopic (exact) mass is 310 g/mol. The van der Waals surface area contributed by atoms with Crippen molar-refractivity contribution in [3.05, 3.63) is 65.6 Å². The van der Waals surface area contributed by atoms with E-state index in [1.165, 1.54) is 0 Å². The van der Waals surface area contributed by atoms with Gasteiger partial charge in [0, 0.05) is 26.0 Å². The summed E-state index contributed by atoms with van der Waals surface area (Å²) in [5, 5.41) is 7.21. The number of nitrogens with one attached hydrogen (secondary N) is 1. The first-order valence-corrected chi connectivity index (χ1v) is 7.36. The largest absolute Gasteiger partial charge is 0.375 e. The topological polar surface area (TPSA) is 68.5 Å². The molecule has 0 radical (unpaired) electrons. The maximum Gasteiger partial charge on any atom is 0.257 e. The molecular formula is C17H18N4O2. The molecule has 2 aromatic heterocycles. The van der Waals surface area contributed by atoms with Crippen molar-refractivity contribution in [2.75, 3.05) is 13.7 Å². The van der Waals surface area contributed by atoms with Crippen LogP contribution in [0.15, 0.2) is 48.8 Å². The van der Waals surface area contributed by atoms with Crippen molar-refractivity contribution in [3.63, 3.8) is 0 Å². The minimum atomic E-state index is -0.200. The SMILES string of the molecule is COC(CNC(=O)c1c(C)nn2cccnc12)c1ccccc1. The maximum absolute atomic E-state index is 12.5. The Hall–Kier alpha value is -2.73. The second kappa shape index (κ2) is 6.58. The fourth-order valence-corrected chi connectivity index (χ4v) is 2.54. The smallest absolute Gasteiger partial charge is 0.257 e. The van der Waals surface area contributed by atoms with E-state index in [-0.39, 0.29) is 12.0 Å². The summed E-state index contributed by atoms with van der Waals surface area (Å²) in [5.41, 5.74) is 2.71. The lowest BCUT2D eigenvalue weighted by Crippen LogP contribution is -2.29. The summed E-state index contributed by atoms with van der Waals surface area (Å²) in [4.78, 5) is 16.8. The van der Waals surface area contributed by atoms with Gasteiger partial charge in [0.1, 0.15) is 5.56 Å². The predicted molar refractivity (Wildman–Crippen MR) is 86.2 cm³/mol. The fraction of sp³-hybridized carbons (Fsp3) is 0.235. The Labute approximate surface area is 134 Å². The Morgan fingerprint density at radius 1 is 1.30 bits per heavy atom. The van der Waals surface area contributed by atoms with Crippen molar-refractivity contribution < 1.29 is 9.53 Å². The first kappa shape index (κ1) is 15.2. The molecule has 2 heterocycles. The number of benzene rings is 1. The summed E-state index contributed by atoms with van der Waals surface area (Å²) in [5.74, 6) is -0.200. The number of aromatic nitrogens is 3. The molecule has 0 saturated carbocycles. The van der Waals surface area contributed by atoms with E-state index in [1.54, 1.807) is 37.0 Å². The van der Waals surface area contributed by atoms with Gasteiger partial charge in [-0.3, -0.25) is 4.79 Å². The molecule has 0 fully saturated rings. The van der Waals surface area contributed by atoms with E-state index in [9.17, 15) is 4.79 Å². The minimum absolute atomic E-state index is 0.199. The molecule has 6 nitrogen and oxygen atoms in total. The van der Waals surface area contributed by atoms with E-state index in [1.807, 2.05) is 30.3 Å². The number of rotatable bonds is 5. The Bertz CT molecular complexity index is 814. The van der Waals surface area contributed by atoms with Crippen LogP contribution >= 0.6 is 0 Å². The normalized spacial score (nSPS) is 12.3. The van der Waals surface area contributed by atoms with Crippen LogP contribution in [0.1, 0.15) is 27.7 Å². The highest BCUT2D eigenvalue weighted by atomic mass is 16.5. The summed E-state index contributed by atoms with van der Waals surface area (Å²) in [6, 6.07) is 11.6. The Morgan fingerprint density at radius 2 is 2.09 bits per heavy atom. The molecule has 1 amide bonds. The van der Waals surface area contributed by atoms with Gasteiger partial charge in [-0.25, -0.2) is 9.50 Å². The average molecular weight is 310 g/mol. The summed E-state index contributed by atoms with van der Waals surface area (Å²) < 4.78 is 7.08. The molecule has 1 atom stereocenters. The number of methoxy groups -OCH3 is 1. The van der Waals surface area contributed by atoms with Crippen molar-refractivity contribution >= 4 is 11.6 Å². The zero-order valence-corrected chi connectivity index (χ0v) is 13.1. The number of nitrogens with zero attached hydrogens (tertiary/aromatic N) is 3. The lowest BCUT2D eigenvalue weighted by Gasteiger charge is -2.16. The van der Waals surface area contributed by atoms with E-state index in [0.29, 0.717) is 23.4 Å². The number of carbonyl (C=O) groups is 1. The number of fused-ring (bicyclic) bond motifs is 1. The number of hydrogen-bond acceptors (Lipinski definition) is 4. The first-order chi connectivity index (χ1) is 11.2. The van der Waals surface area contributed by atoms with Crippen LogP contribution < -0.4 is 5.32 Å². The molecule has 0 saturated heterocycles. The van der Waals surface area contributed by atoms with Crippen molar-refractivity contribution in [3.8, 4) is 0 Å². The summed E-state index contributed by atoms with van der Waals surface area (Å²) in [7, 11) is 1.63. The first-order valence-electron chi connectivity index (χ1n) is 7.36. The van der Waals surface area contributed by atoms with E-state index in [4.69, 9.17) is 4.74 Å². The summed E-state index contributed by atoms with van der Waals surface area (Å²) in [6.45, 7) is 2.18. The summed E-state index contributed by atoms with van der Waals surface area (Å²) in [6.07, 6.45) is 3.22. The van der Waals surface area contributed by atoms with Crippen LogP contribution in [0, 0.1) is 6.92 Å². The maximum atomic E-state index is 12.5. The average Bonchev–Trinajstić information content (AvgIpc) is 2.92. The molecular weight excluding hydrogens is 292 g/mol. The molecule has 0 bridgehead atoms. The Kier molecular flexibility index (Phi) is 4.34. The van der Waals surface area contributed by atoms with Gasteiger partial charge in [0.25, 0.3) is 5.91 Å². The third-order valence-electron chi connectivity index (χ3n) is 3.70. The quantitative estimate of drug-likeness (QED) is 0.784. The van der Waals surface area contributed by atoms with E-state index >= 15 is 0 Å². The van der Waals surface area contributed by atoms with Gasteiger partial charge in [0.2, 0.25) is 0 Å². The highest BCUT2D eigenvalue weighted by Crippen LogP contribution is 2.16. The lowest BCUT2D eigenvalue weighted by atomic mass is 10.1. The van der Waals surface area contributed by atoms with Crippen LogP contribution in [-0.2, 0) is 4.74 Å². The molecule has 23 heavy (non-hydrogen) atoms. The van der Waals surface area contributed by atoms with Gasteiger partial charge >= 0.3 is 0 Å². The molecule has 3 rings (SSSR count). The zero-order chi connectivity index (χ0) is 16.2. The van der Waals surface area contributed by atoms with Crippen LogP contribution in [0.4, 0.5) is 0 Å².